The molecule has 0 amide bonds. The van der Waals surface area contributed by atoms with Crippen molar-refractivity contribution < 1.29 is 9.53 Å². The molecule has 3 aromatic rings. The summed E-state index contributed by atoms with van der Waals surface area (Å²) in [4.78, 5) is 47.3. The molecule has 3 aromatic heterocycles. The number of nitriles is 1. The van der Waals surface area contributed by atoms with Crippen LogP contribution in [0.1, 0.15) is 47.4 Å². The number of carbonyl (C=O) groups excluding carboxylic acids is 1. The summed E-state index contributed by atoms with van der Waals surface area (Å²) in [6.07, 6.45) is 0. The van der Waals surface area contributed by atoms with Gasteiger partial charge in [-0.3, -0.25) is 13.9 Å². The van der Waals surface area contributed by atoms with Crippen LogP contribution >= 0.6 is 23.1 Å². The smallest absolute Gasteiger partial charge is 0.348 e. The SMILES string of the molecule is CCOC(=O)c1sc(N)c(C#N)c1CSc1nc(C)nc2c1c(=O)n(C)c(=O)n2CC(C)C. The summed E-state index contributed by atoms with van der Waals surface area (Å²) in [6.45, 7) is 7.87. The summed E-state index contributed by atoms with van der Waals surface area (Å²) in [6, 6.07) is 2.04. The number of carbonyl (C=O) groups is 1. The van der Waals surface area contributed by atoms with Crippen LogP contribution in [0, 0.1) is 24.2 Å². The Labute approximate surface area is 198 Å². The van der Waals surface area contributed by atoms with Crippen LogP contribution in [0.3, 0.4) is 0 Å². The van der Waals surface area contributed by atoms with Gasteiger partial charge in [0.2, 0.25) is 0 Å². The molecule has 10 nitrogen and oxygen atoms in total. The summed E-state index contributed by atoms with van der Waals surface area (Å²) < 4.78 is 7.63. The predicted molar refractivity (Wildman–Crippen MR) is 128 cm³/mol. The van der Waals surface area contributed by atoms with E-state index in [2.05, 4.69) is 9.97 Å². The number of ether oxygens (including phenoxy) is 1. The molecule has 33 heavy (non-hydrogen) atoms. The summed E-state index contributed by atoms with van der Waals surface area (Å²) >= 11 is 2.17. The number of esters is 1. The van der Waals surface area contributed by atoms with Gasteiger partial charge in [-0.1, -0.05) is 13.8 Å². The molecule has 0 radical (unpaired) electrons. The normalized spacial score (nSPS) is 11.2. The number of aryl methyl sites for hydroxylation is 1. The molecule has 0 aromatic carbocycles. The van der Waals surface area contributed by atoms with E-state index < -0.39 is 17.2 Å². The van der Waals surface area contributed by atoms with Crippen molar-refractivity contribution >= 4 is 45.1 Å². The van der Waals surface area contributed by atoms with E-state index in [0.29, 0.717) is 23.0 Å². The van der Waals surface area contributed by atoms with Crippen LogP contribution in [0.2, 0.25) is 0 Å². The lowest BCUT2D eigenvalue weighted by atomic mass is 10.2. The van der Waals surface area contributed by atoms with Crippen molar-refractivity contribution in [2.75, 3.05) is 12.3 Å². The number of aromatic nitrogens is 4. The molecule has 174 valence electrons. The van der Waals surface area contributed by atoms with E-state index in [1.54, 1.807) is 13.8 Å². The minimum Gasteiger partial charge on any atom is -0.462 e. The van der Waals surface area contributed by atoms with E-state index in [1.165, 1.54) is 23.4 Å². The van der Waals surface area contributed by atoms with Crippen molar-refractivity contribution in [1.82, 2.24) is 19.1 Å². The van der Waals surface area contributed by atoms with Gasteiger partial charge in [-0.05, 0) is 19.8 Å². The first-order valence-corrected chi connectivity index (χ1v) is 12.0. The maximum absolute atomic E-state index is 13.0. The van der Waals surface area contributed by atoms with E-state index >= 15 is 0 Å². The summed E-state index contributed by atoms with van der Waals surface area (Å²) in [5.41, 5.74) is 5.91. The fourth-order valence-corrected chi connectivity index (χ4v) is 5.43. The zero-order valence-electron chi connectivity index (χ0n) is 19.0. The molecular formula is C21H24N6O4S2. The monoisotopic (exact) mass is 488 g/mol. The van der Waals surface area contributed by atoms with E-state index in [1.807, 2.05) is 19.9 Å². The Hall–Kier alpha value is -3.17. The van der Waals surface area contributed by atoms with Crippen LogP contribution in [0.5, 0.6) is 0 Å². The molecule has 3 heterocycles. The number of hydrogen-bond donors (Lipinski definition) is 1. The van der Waals surface area contributed by atoms with Gasteiger partial charge in [0.25, 0.3) is 5.56 Å². The van der Waals surface area contributed by atoms with Crippen LogP contribution in [-0.2, 0) is 24.1 Å². The van der Waals surface area contributed by atoms with Gasteiger partial charge in [-0.25, -0.2) is 19.6 Å². The first-order chi connectivity index (χ1) is 15.6. The van der Waals surface area contributed by atoms with Crippen LogP contribution in [-0.4, -0.2) is 31.7 Å². The summed E-state index contributed by atoms with van der Waals surface area (Å²) in [7, 11) is 1.42. The second-order valence-electron chi connectivity index (χ2n) is 7.70. The molecule has 0 atom stereocenters. The summed E-state index contributed by atoms with van der Waals surface area (Å²) in [5.74, 6) is 0.139. The first-order valence-electron chi connectivity index (χ1n) is 10.2. The Morgan fingerprint density at radius 3 is 2.64 bits per heavy atom. The average Bonchev–Trinajstić information content (AvgIpc) is 3.08. The van der Waals surface area contributed by atoms with Gasteiger partial charge in [0.15, 0.2) is 5.65 Å². The predicted octanol–water partition coefficient (Wildman–Crippen LogP) is 2.44. The number of hydrogen-bond acceptors (Lipinski definition) is 10. The topological polar surface area (TPSA) is 146 Å². The Bertz CT molecular complexity index is 1400. The molecule has 2 N–H and O–H groups in total. The molecule has 12 heteroatoms. The molecule has 0 aliphatic carbocycles. The number of nitrogen functional groups attached to an aromatic ring is 1. The molecular weight excluding hydrogens is 464 g/mol. The molecule has 0 fully saturated rings. The third-order valence-electron chi connectivity index (χ3n) is 4.77. The minimum atomic E-state index is -0.559. The quantitative estimate of drug-likeness (QED) is 0.301. The lowest BCUT2D eigenvalue weighted by Crippen LogP contribution is -2.39. The molecule has 3 rings (SSSR count). The van der Waals surface area contributed by atoms with Crippen LogP contribution < -0.4 is 17.0 Å². The molecule has 0 aliphatic heterocycles. The highest BCUT2D eigenvalue weighted by atomic mass is 32.2. The number of thioether (sulfide) groups is 1. The van der Waals surface area contributed by atoms with Gasteiger partial charge in [-0.15, -0.1) is 23.1 Å². The highest BCUT2D eigenvalue weighted by Gasteiger charge is 2.24. The number of rotatable bonds is 7. The highest BCUT2D eigenvalue weighted by Crippen LogP contribution is 2.36. The number of anilines is 1. The maximum Gasteiger partial charge on any atom is 0.348 e. The number of fused-ring (bicyclic) bond motifs is 1. The Balaban J connectivity index is 2.17. The van der Waals surface area contributed by atoms with Crippen molar-refractivity contribution in [3.8, 4) is 6.07 Å². The van der Waals surface area contributed by atoms with Crippen LogP contribution in [0.4, 0.5) is 5.00 Å². The van der Waals surface area contributed by atoms with E-state index in [9.17, 15) is 19.6 Å². The molecule has 0 aliphatic rings. The zero-order valence-corrected chi connectivity index (χ0v) is 20.6. The Kier molecular flexibility index (Phi) is 7.24. The first kappa shape index (κ1) is 24.5. The number of thiophene rings is 1. The molecule has 0 unspecified atom stereocenters. The van der Waals surface area contributed by atoms with Gasteiger partial charge >= 0.3 is 11.7 Å². The van der Waals surface area contributed by atoms with Gasteiger partial charge in [0, 0.05) is 24.9 Å². The maximum atomic E-state index is 13.0. The lowest BCUT2D eigenvalue weighted by molar-refractivity contribution is 0.0531. The van der Waals surface area contributed by atoms with Gasteiger partial charge < -0.3 is 10.5 Å². The van der Waals surface area contributed by atoms with Crippen LogP contribution in [0.15, 0.2) is 14.6 Å². The third kappa shape index (κ3) is 4.65. The fraction of sp³-hybridized carbons (Fsp3) is 0.429. The van der Waals surface area contributed by atoms with Crippen molar-refractivity contribution in [3.63, 3.8) is 0 Å². The Morgan fingerprint density at radius 2 is 2.03 bits per heavy atom. The van der Waals surface area contributed by atoms with E-state index in [0.717, 1.165) is 15.9 Å². The second kappa shape index (κ2) is 9.76. The minimum absolute atomic E-state index is 0.147. The fourth-order valence-electron chi connectivity index (χ4n) is 3.32. The standard InChI is InChI=1S/C21H24N6O4S2/c1-6-31-20(29)15-13(12(7-22)16(23)33-15)9-32-18-14-17(24-11(4)25-18)27(8-10(2)3)21(30)26(5)19(14)28/h10H,6,8-9,23H2,1-5H3. The van der Waals surface area contributed by atoms with Gasteiger partial charge in [-0.2, -0.15) is 5.26 Å². The van der Waals surface area contributed by atoms with Gasteiger partial charge in [0.05, 0.1) is 12.2 Å². The van der Waals surface area contributed by atoms with Crippen LogP contribution in [0.25, 0.3) is 11.0 Å². The van der Waals surface area contributed by atoms with Crippen molar-refractivity contribution in [1.29, 1.82) is 5.26 Å². The lowest BCUT2D eigenvalue weighted by Gasteiger charge is -2.15. The largest absolute Gasteiger partial charge is 0.462 e. The Morgan fingerprint density at radius 1 is 1.33 bits per heavy atom. The number of nitrogens with two attached hydrogens (primary N) is 1. The van der Waals surface area contributed by atoms with Crippen molar-refractivity contribution in [3.05, 3.63) is 42.7 Å². The number of nitrogens with zero attached hydrogens (tertiary/aromatic N) is 5. The highest BCUT2D eigenvalue weighted by molar-refractivity contribution is 7.98. The molecule has 0 saturated carbocycles. The van der Waals surface area contributed by atoms with E-state index in [4.69, 9.17) is 10.5 Å². The van der Waals surface area contributed by atoms with Gasteiger partial charge in [0.1, 0.15) is 32.2 Å². The van der Waals surface area contributed by atoms with E-state index in [-0.39, 0.29) is 44.8 Å². The average molecular weight is 489 g/mol. The third-order valence-corrected chi connectivity index (χ3v) is 6.81. The molecule has 0 spiro atoms. The summed E-state index contributed by atoms with van der Waals surface area (Å²) in [5, 5.41) is 10.4. The second-order valence-corrected chi connectivity index (χ2v) is 9.71. The zero-order chi connectivity index (χ0) is 24.4. The van der Waals surface area contributed by atoms with Crippen molar-refractivity contribution in [2.45, 2.75) is 45.0 Å². The molecule has 0 saturated heterocycles. The van der Waals surface area contributed by atoms with Crippen molar-refractivity contribution in [2.24, 2.45) is 13.0 Å². The molecule has 0 bridgehead atoms.